The first kappa shape index (κ1) is 15.8. The van der Waals surface area contributed by atoms with E-state index in [1.165, 1.54) is 17.0 Å². The Morgan fingerprint density at radius 2 is 2.00 bits per heavy atom. The molecule has 1 aromatic heterocycles. The lowest BCUT2D eigenvalue weighted by molar-refractivity contribution is -0.137. The molecule has 0 radical (unpaired) electrons. The zero-order valence-corrected chi connectivity index (χ0v) is 11.9. The third-order valence-corrected chi connectivity index (χ3v) is 3.27. The molecule has 22 heavy (non-hydrogen) atoms. The fourth-order valence-corrected chi connectivity index (χ4v) is 2.11. The first-order valence-electron chi connectivity index (χ1n) is 6.64. The normalized spacial score (nSPS) is 11.0. The summed E-state index contributed by atoms with van der Waals surface area (Å²) >= 11 is 0. The second-order valence-corrected chi connectivity index (χ2v) is 4.83. The molecule has 0 aliphatic carbocycles. The van der Waals surface area contributed by atoms with Crippen LogP contribution >= 0.6 is 0 Å². The van der Waals surface area contributed by atoms with Gasteiger partial charge in [0.15, 0.2) is 0 Å². The van der Waals surface area contributed by atoms with E-state index in [-0.39, 0.29) is 11.3 Å². The monoisotopic (exact) mass is 305 g/mol. The summed E-state index contributed by atoms with van der Waals surface area (Å²) in [7, 11) is 1.60. The Morgan fingerprint density at radius 1 is 1.23 bits per heavy atom. The Morgan fingerprint density at radius 3 is 2.59 bits per heavy atom. The molecule has 0 spiro atoms. The number of benzene rings is 1. The Bertz CT molecular complexity index is 675. The van der Waals surface area contributed by atoms with Gasteiger partial charge in [-0.15, -0.1) is 0 Å². The molecule has 2 aromatic rings. The molecule has 114 valence electrons. The molecule has 0 N–H and O–H groups in total. The van der Waals surface area contributed by atoms with E-state index < -0.39 is 11.7 Å². The van der Waals surface area contributed by atoms with Gasteiger partial charge in [-0.05, 0) is 30.3 Å². The van der Waals surface area contributed by atoms with Crippen molar-refractivity contribution in [1.29, 1.82) is 5.26 Å². The molecular formula is C16H14F3N3. The van der Waals surface area contributed by atoms with Gasteiger partial charge in [0.25, 0.3) is 0 Å². The van der Waals surface area contributed by atoms with Crippen molar-refractivity contribution in [2.45, 2.75) is 12.6 Å². The fourth-order valence-electron chi connectivity index (χ4n) is 2.11. The van der Waals surface area contributed by atoms with E-state index in [0.29, 0.717) is 13.0 Å². The van der Waals surface area contributed by atoms with E-state index in [1.807, 2.05) is 12.1 Å². The van der Waals surface area contributed by atoms with Crippen molar-refractivity contribution in [1.82, 2.24) is 4.98 Å². The number of likely N-dealkylation sites (N-methyl/N-ethyl adjacent to an activating group) is 1. The maximum absolute atomic E-state index is 13.1. The Kier molecular flexibility index (Phi) is 4.66. The van der Waals surface area contributed by atoms with Gasteiger partial charge in [0.1, 0.15) is 0 Å². The third kappa shape index (κ3) is 3.76. The molecule has 6 heteroatoms. The number of halogens is 3. The van der Waals surface area contributed by atoms with E-state index in [2.05, 4.69) is 4.98 Å². The lowest BCUT2D eigenvalue weighted by Crippen LogP contribution is -2.24. The van der Waals surface area contributed by atoms with Crippen LogP contribution in [0.5, 0.6) is 0 Å². The minimum Gasteiger partial charge on any atom is -0.374 e. The molecule has 0 aliphatic heterocycles. The van der Waals surface area contributed by atoms with Crippen LogP contribution in [-0.2, 0) is 12.6 Å². The number of alkyl halides is 3. The van der Waals surface area contributed by atoms with Gasteiger partial charge in [0, 0.05) is 37.6 Å². The van der Waals surface area contributed by atoms with Gasteiger partial charge in [-0.1, -0.05) is 6.07 Å². The number of hydrogen-bond acceptors (Lipinski definition) is 3. The first-order valence-corrected chi connectivity index (χ1v) is 6.64. The second kappa shape index (κ2) is 6.48. The van der Waals surface area contributed by atoms with Gasteiger partial charge >= 0.3 is 6.18 Å². The number of rotatable bonds is 4. The van der Waals surface area contributed by atoms with Gasteiger partial charge in [-0.3, -0.25) is 4.98 Å². The molecule has 1 heterocycles. The molecule has 0 saturated heterocycles. The maximum Gasteiger partial charge on any atom is 0.418 e. The van der Waals surface area contributed by atoms with E-state index >= 15 is 0 Å². The quantitative estimate of drug-likeness (QED) is 0.865. The molecule has 1 aromatic carbocycles. The van der Waals surface area contributed by atoms with E-state index in [1.54, 1.807) is 25.4 Å². The largest absolute Gasteiger partial charge is 0.418 e. The molecule has 0 aliphatic rings. The van der Waals surface area contributed by atoms with Crippen molar-refractivity contribution in [2.75, 3.05) is 18.5 Å². The van der Waals surface area contributed by atoms with Gasteiger partial charge in [0.2, 0.25) is 0 Å². The minimum absolute atomic E-state index is 0.00537. The fraction of sp³-hybridized carbons (Fsp3) is 0.250. The Labute approximate surface area is 126 Å². The predicted molar refractivity (Wildman–Crippen MR) is 77.4 cm³/mol. The van der Waals surface area contributed by atoms with Crippen LogP contribution in [0.1, 0.15) is 16.8 Å². The zero-order valence-electron chi connectivity index (χ0n) is 11.9. The highest BCUT2D eigenvalue weighted by atomic mass is 19.4. The Balaban J connectivity index is 2.22. The lowest BCUT2D eigenvalue weighted by Gasteiger charge is -2.23. The number of hydrogen-bond donors (Lipinski definition) is 0. The smallest absolute Gasteiger partial charge is 0.374 e. The van der Waals surface area contributed by atoms with Crippen LogP contribution in [0.15, 0.2) is 42.6 Å². The highest BCUT2D eigenvalue weighted by Gasteiger charge is 2.34. The lowest BCUT2D eigenvalue weighted by atomic mass is 10.1. The summed E-state index contributed by atoms with van der Waals surface area (Å²) in [4.78, 5) is 5.68. The van der Waals surface area contributed by atoms with Crippen molar-refractivity contribution < 1.29 is 13.2 Å². The highest BCUT2D eigenvalue weighted by molar-refractivity contribution is 5.57. The molecule has 0 amide bonds. The average Bonchev–Trinajstić information content (AvgIpc) is 2.52. The van der Waals surface area contributed by atoms with E-state index in [0.717, 1.165) is 11.8 Å². The van der Waals surface area contributed by atoms with Crippen LogP contribution < -0.4 is 4.90 Å². The summed E-state index contributed by atoms with van der Waals surface area (Å²) in [5.41, 5.74) is 0.0725. The van der Waals surface area contributed by atoms with Crippen molar-refractivity contribution in [3.05, 3.63) is 59.4 Å². The number of anilines is 1. The van der Waals surface area contributed by atoms with Crippen LogP contribution in [0.4, 0.5) is 18.9 Å². The van der Waals surface area contributed by atoms with Crippen LogP contribution in [0.2, 0.25) is 0 Å². The second-order valence-electron chi connectivity index (χ2n) is 4.83. The van der Waals surface area contributed by atoms with Crippen molar-refractivity contribution in [3.8, 4) is 6.07 Å². The van der Waals surface area contributed by atoms with Crippen molar-refractivity contribution >= 4 is 5.69 Å². The van der Waals surface area contributed by atoms with Gasteiger partial charge in [-0.25, -0.2) is 0 Å². The van der Waals surface area contributed by atoms with Crippen molar-refractivity contribution in [3.63, 3.8) is 0 Å². The summed E-state index contributed by atoms with van der Waals surface area (Å²) in [5.74, 6) is 0. The van der Waals surface area contributed by atoms with Crippen LogP contribution in [0.3, 0.4) is 0 Å². The number of nitriles is 1. The molecule has 0 atom stereocenters. The van der Waals surface area contributed by atoms with Crippen LogP contribution in [0, 0.1) is 11.3 Å². The molecule has 0 unspecified atom stereocenters. The molecule has 3 nitrogen and oxygen atoms in total. The summed E-state index contributed by atoms with van der Waals surface area (Å²) in [6.45, 7) is 0.395. The molecular weight excluding hydrogens is 291 g/mol. The molecule has 0 saturated carbocycles. The first-order chi connectivity index (χ1) is 10.4. The summed E-state index contributed by atoms with van der Waals surface area (Å²) < 4.78 is 39.4. The van der Waals surface area contributed by atoms with Gasteiger partial charge < -0.3 is 4.90 Å². The minimum atomic E-state index is -4.50. The van der Waals surface area contributed by atoms with Gasteiger partial charge in [-0.2, -0.15) is 18.4 Å². The average molecular weight is 305 g/mol. The molecule has 2 rings (SSSR count). The molecule has 0 bridgehead atoms. The van der Waals surface area contributed by atoms with E-state index in [9.17, 15) is 13.2 Å². The third-order valence-electron chi connectivity index (χ3n) is 3.27. The summed E-state index contributed by atoms with van der Waals surface area (Å²) in [6, 6.07) is 10.8. The highest BCUT2D eigenvalue weighted by Crippen LogP contribution is 2.36. The SMILES string of the molecule is CN(CCc1ccccn1)c1ccc(C#N)cc1C(F)(F)F. The number of nitrogens with zero attached hydrogens (tertiary/aromatic N) is 3. The predicted octanol–water partition coefficient (Wildman–Crippen LogP) is 3.65. The number of pyridine rings is 1. The van der Waals surface area contributed by atoms with Crippen molar-refractivity contribution in [2.24, 2.45) is 0 Å². The molecule has 0 fully saturated rings. The summed E-state index contributed by atoms with van der Waals surface area (Å²) in [5, 5.41) is 8.77. The topological polar surface area (TPSA) is 39.9 Å². The number of aromatic nitrogens is 1. The van der Waals surface area contributed by atoms with E-state index in [4.69, 9.17) is 5.26 Å². The maximum atomic E-state index is 13.1. The van der Waals surface area contributed by atoms with Gasteiger partial charge in [0.05, 0.1) is 17.2 Å². The van der Waals surface area contributed by atoms with Crippen LogP contribution in [-0.4, -0.2) is 18.6 Å². The van der Waals surface area contributed by atoms with Crippen LogP contribution in [0.25, 0.3) is 0 Å². The zero-order chi connectivity index (χ0) is 16.2. The summed E-state index contributed by atoms with van der Waals surface area (Å²) in [6.07, 6.45) is -2.31. The standard InChI is InChI=1S/C16H14F3N3/c1-22(9-7-13-4-2-3-8-21-13)15-6-5-12(11-20)10-14(15)16(17,18)19/h2-6,8,10H,7,9H2,1H3. The Hall–Kier alpha value is -2.55.